The molecule has 0 spiro atoms. The molecule has 10 nitrogen and oxygen atoms in total. The van der Waals surface area contributed by atoms with Crippen LogP contribution in [0.15, 0.2) is 24.4 Å². The molecule has 1 aliphatic carbocycles. The van der Waals surface area contributed by atoms with Crippen LogP contribution in [0.5, 0.6) is 0 Å². The van der Waals surface area contributed by atoms with Crippen LogP contribution in [-0.2, 0) is 19.1 Å². The number of Topliss-reactive ketones (excluding diaryl/α,β-unsaturated/α-hetero) is 1. The van der Waals surface area contributed by atoms with E-state index in [1.165, 1.54) is 0 Å². The number of aromatic nitrogens is 2. The van der Waals surface area contributed by atoms with Crippen LogP contribution >= 0.6 is 0 Å². The van der Waals surface area contributed by atoms with E-state index in [-0.39, 0.29) is 18.9 Å². The summed E-state index contributed by atoms with van der Waals surface area (Å²) < 4.78 is 5.09. The summed E-state index contributed by atoms with van der Waals surface area (Å²) in [5.74, 6) is -1.02. The molecule has 2 aromatic rings. The number of nitrogens with one attached hydrogen (secondary N) is 4. The molecule has 1 aromatic carbocycles. The zero-order valence-electron chi connectivity index (χ0n) is 17.7. The second-order valence-electron chi connectivity index (χ2n) is 8.36. The zero-order valence-corrected chi connectivity index (χ0v) is 17.7. The summed E-state index contributed by atoms with van der Waals surface area (Å²) in [6, 6.07) is 4.46. The third kappa shape index (κ3) is 5.70. The van der Waals surface area contributed by atoms with Crippen molar-refractivity contribution in [2.75, 3.05) is 19.7 Å². The van der Waals surface area contributed by atoms with E-state index >= 15 is 0 Å². The summed E-state index contributed by atoms with van der Waals surface area (Å²) in [5.41, 5.74) is 1.11. The number of benzene rings is 1. The highest BCUT2D eigenvalue weighted by Crippen LogP contribution is 2.29. The number of carbonyl (C=O) groups is 4. The summed E-state index contributed by atoms with van der Waals surface area (Å²) in [6.07, 6.45) is 6.26. The molecule has 3 amide bonds. The van der Waals surface area contributed by atoms with Crippen LogP contribution in [0.2, 0.25) is 0 Å². The minimum Gasteiger partial charge on any atom is -0.365 e. The van der Waals surface area contributed by atoms with E-state index in [9.17, 15) is 19.2 Å². The van der Waals surface area contributed by atoms with Gasteiger partial charge in [0, 0.05) is 10.9 Å². The summed E-state index contributed by atoms with van der Waals surface area (Å²) >= 11 is 0. The lowest BCUT2D eigenvalue weighted by Crippen LogP contribution is -2.48. The maximum Gasteiger partial charge on any atom is 0.251 e. The van der Waals surface area contributed by atoms with Crippen molar-refractivity contribution < 1.29 is 23.9 Å². The highest BCUT2D eigenvalue weighted by Gasteiger charge is 2.38. The molecule has 170 valence electrons. The molecule has 1 aliphatic heterocycles. The second-order valence-corrected chi connectivity index (χ2v) is 8.36. The van der Waals surface area contributed by atoms with Crippen LogP contribution in [0.25, 0.3) is 10.9 Å². The first kappa shape index (κ1) is 21.9. The SMILES string of the molecule is O=C(CNC(=O)c1ccc2cn[nH]c2c1)NCC(=O)N[C@@H](CC1CCCC1)C(=O)[C@H]1CO1. The van der Waals surface area contributed by atoms with E-state index < -0.39 is 29.9 Å². The van der Waals surface area contributed by atoms with Crippen LogP contribution in [0.1, 0.15) is 42.5 Å². The molecule has 4 N–H and O–H groups in total. The number of ketones is 1. The van der Waals surface area contributed by atoms with E-state index in [0.29, 0.717) is 24.5 Å². The molecule has 1 saturated heterocycles. The number of H-pyrrole nitrogens is 1. The Kier molecular flexibility index (Phi) is 6.79. The standard InChI is InChI=1S/C22H27N5O5/c28-19(10-24-22(31)14-5-6-15-9-25-27-16(15)8-14)23-11-20(29)26-17(21(30)18-12-32-18)7-13-3-1-2-4-13/h5-6,8-9,13,17-18H,1-4,7,10-12H2,(H,23,28)(H,24,31)(H,25,27)(H,26,29)/t17-,18+/m0/s1. The first-order chi connectivity index (χ1) is 15.5. The van der Waals surface area contributed by atoms with Gasteiger partial charge >= 0.3 is 0 Å². The van der Waals surface area contributed by atoms with Crippen LogP contribution < -0.4 is 16.0 Å². The fourth-order valence-electron chi connectivity index (χ4n) is 4.09. The predicted molar refractivity (Wildman–Crippen MR) is 115 cm³/mol. The number of ether oxygens (including phenoxy) is 1. The Morgan fingerprint density at radius 2 is 1.84 bits per heavy atom. The monoisotopic (exact) mass is 441 g/mol. The number of amides is 3. The Balaban J connectivity index is 1.21. The van der Waals surface area contributed by atoms with Gasteiger partial charge in [-0.2, -0.15) is 5.10 Å². The Labute approximate surface area is 184 Å². The second kappa shape index (κ2) is 9.90. The van der Waals surface area contributed by atoms with Crippen LogP contribution in [0.3, 0.4) is 0 Å². The van der Waals surface area contributed by atoms with Crippen molar-refractivity contribution in [2.45, 2.75) is 44.2 Å². The summed E-state index contributed by atoms with van der Waals surface area (Å²) in [5, 5.41) is 15.3. The highest BCUT2D eigenvalue weighted by molar-refractivity contribution is 5.99. The lowest BCUT2D eigenvalue weighted by molar-refractivity contribution is -0.129. The van der Waals surface area contributed by atoms with Gasteiger partial charge in [0.15, 0.2) is 5.78 Å². The summed E-state index contributed by atoms with van der Waals surface area (Å²) in [4.78, 5) is 49.1. The van der Waals surface area contributed by atoms with Gasteiger partial charge in [0.1, 0.15) is 6.10 Å². The van der Waals surface area contributed by atoms with E-state index in [1.807, 2.05) is 0 Å². The zero-order chi connectivity index (χ0) is 22.5. The van der Waals surface area contributed by atoms with E-state index in [0.717, 1.165) is 36.6 Å². The number of carbonyl (C=O) groups excluding carboxylic acids is 4. The molecule has 4 rings (SSSR count). The smallest absolute Gasteiger partial charge is 0.251 e. The van der Waals surface area contributed by atoms with Crippen molar-refractivity contribution in [3.05, 3.63) is 30.0 Å². The third-order valence-corrected chi connectivity index (χ3v) is 5.93. The van der Waals surface area contributed by atoms with Crippen molar-refractivity contribution in [2.24, 2.45) is 5.92 Å². The lowest BCUT2D eigenvalue weighted by Gasteiger charge is -2.20. The molecule has 2 aliphatic rings. The van der Waals surface area contributed by atoms with Gasteiger partial charge in [0.05, 0.1) is 37.5 Å². The molecule has 2 heterocycles. The van der Waals surface area contributed by atoms with Gasteiger partial charge in [-0.3, -0.25) is 24.3 Å². The van der Waals surface area contributed by atoms with Crippen molar-refractivity contribution in [1.29, 1.82) is 0 Å². The van der Waals surface area contributed by atoms with Gasteiger partial charge in [-0.1, -0.05) is 31.7 Å². The average Bonchev–Trinajstić information content (AvgIpc) is 3.31. The average molecular weight is 441 g/mol. The molecule has 2 fully saturated rings. The molecular formula is C22H27N5O5. The fourth-order valence-corrected chi connectivity index (χ4v) is 4.09. The maximum atomic E-state index is 12.5. The Morgan fingerprint density at radius 3 is 2.59 bits per heavy atom. The van der Waals surface area contributed by atoms with E-state index in [4.69, 9.17) is 4.74 Å². The first-order valence-corrected chi connectivity index (χ1v) is 10.9. The number of epoxide rings is 1. The number of nitrogens with zero attached hydrogens (tertiary/aromatic N) is 1. The first-order valence-electron chi connectivity index (χ1n) is 10.9. The van der Waals surface area contributed by atoms with Crippen molar-refractivity contribution in [3.63, 3.8) is 0 Å². The molecule has 0 bridgehead atoms. The van der Waals surface area contributed by atoms with Crippen molar-refractivity contribution in [1.82, 2.24) is 26.1 Å². The van der Waals surface area contributed by atoms with Crippen LogP contribution in [0, 0.1) is 5.92 Å². The molecule has 1 saturated carbocycles. The van der Waals surface area contributed by atoms with E-state index in [1.54, 1.807) is 24.4 Å². The quantitative estimate of drug-likeness (QED) is 0.394. The molecule has 0 radical (unpaired) electrons. The largest absolute Gasteiger partial charge is 0.365 e. The molecule has 2 atom stereocenters. The normalized spacial score (nSPS) is 18.8. The van der Waals surface area contributed by atoms with Crippen molar-refractivity contribution in [3.8, 4) is 0 Å². The van der Waals surface area contributed by atoms with Gasteiger partial charge in [-0.15, -0.1) is 0 Å². The topological polar surface area (TPSA) is 146 Å². The number of fused-ring (bicyclic) bond motifs is 1. The van der Waals surface area contributed by atoms with Crippen LogP contribution in [0.4, 0.5) is 0 Å². The van der Waals surface area contributed by atoms with Crippen molar-refractivity contribution >= 4 is 34.4 Å². The molecule has 10 heteroatoms. The Bertz CT molecular complexity index is 1010. The number of hydrogen-bond donors (Lipinski definition) is 4. The molecule has 0 unspecified atom stereocenters. The molecule has 1 aromatic heterocycles. The van der Waals surface area contributed by atoms with Gasteiger partial charge in [0.2, 0.25) is 11.8 Å². The summed E-state index contributed by atoms with van der Waals surface area (Å²) in [6.45, 7) is -0.137. The molecular weight excluding hydrogens is 414 g/mol. The maximum absolute atomic E-state index is 12.5. The summed E-state index contributed by atoms with van der Waals surface area (Å²) in [7, 11) is 0. The number of rotatable bonds is 10. The third-order valence-electron chi connectivity index (χ3n) is 5.93. The van der Waals surface area contributed by atoms with Gasteiger partial charge < -0.3 is 20.7 Å². The minimum absolute atomic E-state index is 0.0990. The Morgan fingerprint density at radius 1 is 1.09 bits per heavy atom. The minimum atomic E-state index is -0.591. The van der Waals surface area contributed by atoms with E-state index in [2.05, 4.69) is 26.1 Å². The fraction of sp³-hybridized carbons (Fsp3) is 0.500. The number of aromatic amines is 1. The molecule has 32 heavy (non-hydrogen) atoms. The van der Waals surface area contributed by atoms with Gasteiger partial charge in [0.25, 0.3) is 5.91 Å². The van der Waals surface area contributed by atoms with Gasteiger partial charge in [-0.25, -0.2) is 0 Å². The predicted octanol–water partition coefficient (Wildman–Crippen LogP) is 0.442. The lowest BCUT2D eigenvalue weighted by atomic mass is 9.94. The number of hydrogen-bond acceptors (Lipinski definition) is 6. The Hall–Kier alpha value is -3.27. The van der Waals surface area contributed by atoms with Gasteiger partial charge in [-0.05, 0) is 24.5 Å². The van der Waals surface area contributed by atoms with Crippen LogP contribution in [-0.4, -0.2) is 65.5 Å². The highest BCUT2D eigenvalue weighted by atomic mass is 16.6.